The van der Waals surface area contributed by atoms with E-state index in [0.717, 1.165) is 34.9 Å². The zero-order valence-corrected chi connectivity index (χ0v) is 14.6. The fourth-order valence-electron chi connectivity index (χ4n) is 4.87. The molecule has 134 valence electrons. The molecule has 0 aromatic carbocycles. The molecule has 6 nitrogen and oxygen atoms in total. The average molecular weight is 352 g/mol. The summed E-state index contributed by atoms with van der Waals surface area (Å²) in [4.78, 5) is 20.0. The molecule has 0 saturated heterocycles. The van der Waals surface area contributed by atoms with Gasteiger partial charge in [-0.05, 0) is 43.4 Å². The average Bonchev–Trinajstić information content (AvgIpc) is 3.18. The van der Waals surface area contributed by atoms with E-state index in [2.05, 4.69) is 37.2 Å². The van der Waals surface area contributed by atoms with E-state index in [-0.39, 0.29) is 0 Å². The number of aromatic nitrogens is 5. The second-order valence-corrected chi connectivity index (χ2v) is 7.80. The molecule has 0 radical (unpaired) electrons. The van der Waals surface area contributed by atoms with Gasteiger partial charge in [0.1, 0.15) is 12.0 Å². The summed E-state index contributed by atoms with van der Waals surface area (Å²) in [6.45, 7) is 2.32. The lowest BCUT2D eigenvalue weighted by atomic mass is 9.82. The number of H-pyrrole nitrogens is 1. The predicted molar refractivity (Wildman–Crippen MR) is 96.9 cm³/mol. The molecule has 4 atom stereocenters. The van der Waals surface area contributed by atoms with Crippen LogP contribution in [0.3, 0.4) is 0 Å². The van der Waals surface area contributed by atoms with Crippen molar-refractivity contribution in [3.8, 4) is 11.4 Å². The number of anilines is 1. The number of hydrogen-bond acceptors (Lipinski definition) is 5. The highest BCUT2D eigenvalue weighted by Crippen LogP contribution is 2.45. The Balaban J connectivity index is 1.46. The second kappa shape index (κ2) is 6.00. The van der Waals surface area contributed by atoms with E-state index in [1.54, 1.807) is 12.4 Å². The minimum absolute atomic E-state index is 0.298. The van der Waals surface area contributed by atoms with Crippen molar-refractivity contribution in [2.45, 2.75) is 38.6 Å². The maximum atomic E-state index is 14.4. The monoisotopic (exact) mass is 352 g/mol. The van der Waals surface area contributed by atoms with Crippen LogP contribution in [0.4, 0.5) is 10.2 Å². The van der Waals surface area contributed by atoms with Gasteiger partial charge in [0, 0.05) is 29.4 Å². The molecule has 2 aliphatic carbocycles. The Morgan fingerprint density at radius 3 is 3.00 bits per heavy atom. The molecule has 0 spiro atoms. The Kier molecular flexibility index (Phi) is 3.62. The third kappa shape index (κ3) is 2.62. The zero-order valence-electron chi connectivity index (χ0n) is 14.6. The van der Waals surface area contributed by atoms with Crippen LogP contribution in [0.1, 0.15) is 32.6 Å². The Morgan fingerprint density at radius 1 is 1.15 bits per heavy atom. The summed E-state index contributed by atoms with van der Waals surface area (Å²) in [5.74, 6) is 2.51. The number of halogens is 1. The highest BCUT2D eigenvalue weighted by atomic mass is 19.1. The number of nitrogens with zero attached hydrogens (tertiary/aromatic N) is 4. The van der Waals surface area contributed by atoms with Crippen LogP contribution < -0.4 is 5.32 Å². The van der Waals surface area contributed by atoms with E-state index in [0.29, 0.717) is 23.6 Å². The Hall–Kier alpha value is -2.57. The number of hydrogen-bond donors (Lipinski definition) is 2. The highest BCUT2D eigenvalue weighted by Gasteiger charge is 2.39. The zero-order chi connectivity index (χ0) is 17.7. The number of aromatic amines is 1. The molecule has 2 saturated carbocycles. The summed E-state index contributed by atoms with van der Waals surface area (Å²) in [5.41, 5.74) is 1.50. The molecule has 0 aliphatic heterocycles. The van der Waals surface area contributed by atoms with Gasteiger partial charge in [-0.3, -0.25) is 0 Å². The first-order valence-electron chi connectivity index (χ1n) is 9.24. The van der Waals surface area contributed by atoms with Gasteiger partial charge >= 0.3 is 0 Å². The summed E-state index contributed by atoms with van der Waals surface area (Å²) < 4.78 is 14.4. The molecule has 3 aromatic heterocycles. The van der Waals surface area contributed by atoms with Gasteiger partial charge in [0.25, 0.3) is 0 Å². The summed E-state index contributed by atoms with van der Waals surface area (Å²) >= 11 is 0. The molecule has 3 aromatic rings. The van der Waals surface area contributed by atoms with Gasteiger partial charge in [-0.15, -0.1) is 0 Å². The van der Waals surface area contributed by atoms with Crippen LogP contribution in [0.15, 0.2) is 24.9 Å². The van der Waals surface area contributed by atoms with Crippen molar-refractivity contribution in [3.05, 3.63) is 30.7 Å². The van der Waals surface area contributed by atoms with Crippen LogP contribution in [0.5, 0.6) is 0 Å². The molecule has 2 bridgehead atoms. The molecular formula is C19H21FN6. The lowest BCUT2D eigenvalue weighted by molar-refractivity contribution is 0.274. The van der Waals surface area contributed by atoms with E-state index in [1.807, 2.05) is 0 Å². The Labute approximate surface area is 150 Å². The molecule has 2 N–H and O–H groups in total. The fourth-order valence-corrected chi connectivity index (χ4v) is 4.87. The van der Waals surface area contributed by atoms with Crippen molar-refractivity contribution in [3.63, 3.8) is 0 Å². The van der Waals surface area contributed by atoms with Crippen LogP contribution in [0.25, 0.3) is 22.4 Å². The fraction of sp³-hybridized carbons (Fsp3) is 0.474. The third-order valence-electron chi connectivity index (χ3n) is 5.90. The minimum Gasteiger partial charge on any atom is -0.364 e. The summed E-state index contributed by atoms with van der Waals surface area (Å²) in [7, 11) is 0. The van der Waals surface area contributed by atoms with Crippen molar-refractivity contribution in [1.82, 2.24) is 24.9 Å². The van der Waals surface area contributed by atoms with E-state index >= 15 is 0 Å². The summed E-state index contributed by atoms with van der Waals surface area (Å²) in [6.07, 6.45) is 11.1. The number of fused-ring (bicyclic) bond motifs is 3. The molecule has 2 unspecified atom stereocenters. The molecule has 2 fully saturated rings. The standard InChI is InChI=1S/C19H21FN6/c1-10-2-11-4-12(3-10)16(5-11)25-19-15(20)8-23-18(26-19)14-7-22-17-13(14)6-21-9-24-17/h6-12,16H,2-5H2,1H3,(H,21,22,24)(H,23,25,26)/t10?,11-,12+,16?/m1/s1. The first kappa shape index (κ1) is 15.7. The lowest BCUT2D eigenvalue weighted by Crippen LogP contribution is -2.26. The van der Waals surface area contributed by atoms with E-state index in [1.165, 1.54) is 31.8 Å². The molecule has 26 heavy (non-hydrogen) atoms. The van der Waals surface area contributed by atoms with E-state index < -0.39 is 5.82 Å². The van der Waals surface area contributed by atoms with Gasteiger partial charge in [-0.1, -0.05) is 6.92 Å². The summed E-state index contributed by atoms with van der Waals surface area (Å²) in [5, 5.41) is 4.21. The van der Waals surface area contributed by atoms with Crippen LogP contribution in [0.2, 0.25) is 0 Å². The van der Waals surface area contributed by atoms with Gasteiger partial charge in [-0.2, -0.15) is 0 Å². The van der Waals surface area contributed by atoms with Crippen molar-refractivity contribution in [2.75, 3.05) is 5.32 Å². The van der Waals surface area contributed by atoms with Gasteiger partial charge in [-0.25, -0.2) is 24.3 Å². The van der Waals surface area contributed by atoms with E-state index in [4.69, 9.17) is 0 Å². The van der Waals surface area contributed by atoms with Crippen molar-refractivity contribution in [2.24, 2.45) is 17.8 Å². The van der Waals surface area contributed by atoms with Crippen molar-refractivity contribution < 1.29 is 4.39 Å². The van der Waals surface area contributed by atoms with Crippen LogP contribution in [0, 0.1) is 23.6 Å². The van der Waals surface area contributed by atoms with Crippen molar-refractivity contribution >= 4 is 16.9 Å². The Bertz CT molecular complexity index is 954. The topological polar surface area (TPSA) is 79.4 Å². The van der Waals surface area contributed by atoms with Crippen LogP contribution in [-0.2, 0) is 0 Å². The minimum atomic E-state index is -0.403. The predicted octanol–water partition coefficient (Wildman–Crippen LogP) is 3.79. The maximum absolute atomic E-state index is 14.4. The normalized spacial score (nSPS) is 27.8. The Morgan fingerprint density at radius 2 is 2.08 bits per heavy atom. The maximum Gasteiger partial charge on any atom is 0.183 e. The summed E-state index contributed by atoms with van der Waals surface area (Å²) in [6, 6.07) is 0.300. The lowest BCUT2D eigenvalue weighted by Gasteiger charge is -2.26. The van der Waals surface area contributed by atoms with Gasteiger partial charge < -0.3 is 10.3 Å². The quantitative estimate of drug-likeness (QED) is 0.750. The molecule has 5 rings (SSSR count). The van der Waals surface area contributed by atoms with Gasteiger partial charge in [0.05, 0.1) is 6.20 Å². The van der Waals surface area contributed by atoms with Gasteiger partial charge in [0.15, 0.2) is 17.5 Å². The second-order valence-electron chi connectivity index (χ2n) is 7.80. The molecule has 7 heteroatoms. The van der Waals surface area contributed by atoms with Crippen molar-refractivity contribution in [1.29, 1.82) is 0 Å². The number of rotatable bonds is 3. The van der Waals surface area contributed by atoms with E-state index in [9.17, 15) is 4.39 Å². The van der Waals surface area contributed by atoms with Crippen LogP contribution in [-0.4, -0.2) is 31.0 Å². The third-order valence-corrected chi connectivity index (χ3v) is 5.90. The highest BCUT2D eigenvalue weighted by molar-refractivity contribution is 5.90. The molecule has 3 heterocycles. The molecule has 2 aliphatic rings. The molecule has 0 amide bonds. The first-order valence-corrected chi connectivity index (χ1v) is 9.24. The molecular weight excluding hydrogens is 331 g/mol. The number of nitrogens with one attached hydrogen (secondary N) is 2. The first-order chi connectivity index (χ1) is 12.7. The van der Waals surface area contributed by atoms with Crippen LogP contribution >= 0.6 is 0 Å². The van der Waals surface area contributed by atoms with Gasteiger partial charge in [0.2, 0.25) is 0 Å². The smallest absolute Gasteiger partial charge is 0.183 e. The SMILES string of the molecule is CC1C[C@H]2CC(Nc3nc(-c4c[nH]c5ncncc45)ncc3F)[C@@H](C1)C2. The largest absolute Gasteiger partial charge is 0.364 e.